The van der Waals surface area contributed by atoms with Gasteiger partial charge in [-0.2, -0.15) is 0 Å². The van der Waals surface area contributed by atoms with Crippen molar-refractivity contribution in [2.45, 2.75) is 40.2 Å². The number of carbonyl (C=O) groups excluding carboxylic acids is 2. The van der Waals surface area contributed by atoms with Gasteiger partial charge in [0.15, 0.2) is 0 Å². The van der Waals surface area contributed by atoms with Gasteiger partial charge in [0.1, 0.15) is 0 Å². The van der Waals surface area contributed by atoms with Crippen molar-refractivity contribution in [1.29, 1.82) is 0 Å². The van der Waals surface area contributed by atoms with Crippen LogP contribution in [0.25, 0.3) is 0 Å². The standard InChI is InChI=1S/C20H32N4O4S/c1-13-8-14(2)11-24(10-13)12-15(3)21-20(26)18-9-17(22-16(4)25)6-7-19(18)23-29(5,27)28/h6-7,9,13-15,23H,8,10-12H2,1-5H3,(H,21,26)(H,22,25). The Morgan fingerprint density at radius 1 is 1.21 bits per heavy atom. The molecule has 0 radical (unpaired) electrons. The van der Waals surface area contributed by atoms with E-state index in [1.54, 1.807) is 6.07 Å². The van der Waals surface area contributed by atoms with Crippen LogP contribution in [0.5, 0.6) is 0 Å². The highest BCUT2D eigenvalue weighted by Gasteiger charge is 2.24. The summed E-state index contributed by atoms with van der Waals surface area (Å²) in [6.07, 6.45) is 2.24. The van der Waals surface area contributed by atoms with Crippen LogP contribution in [0.3, 0.4) is 0 Å². The number of piperidine rings is 1. The predicted octanol–water partition coefficient (Wildman–Crippen LogP) is 2.11. The minimum Gasteiger partial charge on any atom is -0.348 e. The Labute approximate surface area is 173 Å². The van der Waals surface area contributed by atoms with Crippen molar-refractivity contribution in [2.24, 2.45) is 11.8 Å². The molecule has 0 aromatic heterocycles. The van der Waals surface area contributed by atoms with Gasteiger partial charge in [-0.1, -0.05) is 13.8 Å². The number of carbonyl (C=O) groups is 2. The number of amides is 2. The third kappa shape index (κ3) is 7.66. The molecule has 0 saturated carbocycles. The minimum atomic E-state index is -3.56. The largest absolute Gasteiger partial charge is 0.348 e. The molecular formula is C20H32N4O4S. The van der Waals surface area contributed by atoms with Crippen LogP contribution in [0.4, 0.5) is 11.4 Å². The summed E-state index contributed by atoms with van der Waals surface area (Å²) in [6, 6.07) is 4.38. The molecule has 1 aromatic rings. The Hall–Kier alpha value is -2.13. The zero-order chi connectivity index (χ0) is 21.8. The fraction of sp³-hybridized carbons (Fsp3) is 0.600. The summed E-state index contributed by atoms with van der Waals surface area (Å²) in [5.41, 5.74) is 0.758. The van der Waals surface area contributed by atoms with Gasteiger partial charge in [-0.15, -0.1) is 0 Å². The molecule has 2 rings (SSSR count). The van der Waals surface area contributed by atoms with Crippen molar-refractivity contribution in [3.63, 3.8) is 0 Å². The normalized spacial score (nSPS) is 21.3. The Morgan fingerprint density at radius 2 is 1.83 bits per heavy atom. The number of hydrogen-bond acceptors (Lipinski definition) is 5. The molecule has 3 atom stereocenters. The maximum absolute atomic E-state index is 12.9. The molecule has 2 amide bonds. The van der Waals surface area contributed by atoms with Crippen molar-refractivity contribution < 1.29 is 18.0 Å². The molecule has 3 N–H and O–H groups in total. The highest BCUT2D eigenvalue weighted by atomic mass is 32.2. The summed E-state index contributed by atoms with van der Waals surface area (Å²) in [5.74, 6) is 0.582. The molecule has 3 unspecified atom stereocenters. The number of nitrogens with one attached hydrogen (secondary N) is 3. The summed E-state index contributed by atoms with van der Waals surface area (Å²) in [6.45, 7) is 10.5. The summed E-state index contributed by atoms with van der Waals surface area (Å²) < 4.78 is 25.7. The molecule has 1 heterocycles. The highest BCUT2D eigenvalue weighted by Crippen LogP contribution is 2.23. The summed E-state index contributed by atoms with van der Waals surface area (Å²) >= 11 is 0. The van der Waals surface area contributed by atoms with E-state index in [4.69, 9.17) is 0 Å². The number of nitrogens with zero attached hydrogens (tertiary/aromatic N) is 1. The fourth-order valence-corrected chi connectivity index (χ4v) is 4.55. The SMILES string of the molecule is CC(=O)Nc1ccc(NS(C)(=O)=O)c(C(=O)NC(C)CN2CC(C)CC(C)C2)c1. The van der Waals surface area contributed by atoms with E-state index in [0.29, 0.717) is 17.5 Å². The number of benzene rings is 1. The maximum Gasteiger partial charge on any atom is 0.253 e. The molecule has 0 bridgehead atoms. The van der Waals surface area contributed by atoms with Gasteiger partial charge in [-0.05, 0) is 43.4 Å². The van der Waals surface area contributed by atoms with Gasteiger partial charge >= 0.3 is 0 Å². The van der Waals surface area contributed by atoms with Gasteiger partial charge in [0, 0.05) is 38.3 Å². The van der Waals surface area contributed by atoms with Crippen LogP contribution in [0.15, 0.2) is 18.2 Å². The Kier molecular flexibility index (Phi) is 7.65. The van der Waals surface area contributed by atoms with E-state index >= 15 is 0 Å². The van der Waals surface area contributed by atoms with Crippen molar-refractivity contribution in [3.8, 4) is 0 Å². The van der Waals surface area contributed by atoms with Crippen LogP contribution >= 0.6 is 0 Å². The zero-order valence-electron chi connectivity index (χ0n) is 17.8. The summed E-state index contributed by atoms with van der Waals surface area (Å²) in [7, 11) is -3.56. The molecule has 0 spiro atoms. The molecule has 1 aliphatic rings. The van der Waals surface area contributed by atoms with Crippen LogP contribution in [-0.4, -0.2) is 57.1 Å². The van der Waals surface area contributed by atoms with E-state index in [0.717, 1.165) is 25.9 Å². The van der Waals surface area contributed by atoms with E-state index in [1.807, 2.05) is 6.92 Å². The van der Waals surface area contributed by atoms with Gasteiger partial charge in [-0.3, -0.25) is 14.3 Å². The van der Waals surface area contributed by atoms with E-state index in [-0.39, 0.29) is 23.2 Å². The number of hydrogen-bond donors (Lipinski definition) is 3. The second kappa shape index (κ2) is 9.58. The van der Waals surface area contributed by atoms with E-state index in [1.165, 1.54) is 25.5 Å². The first kappa shape index (κ1) is 23.2. The summed E-state index contributed by atoms with van der Waals surface area (Å²) in [4.78, 5) is 26.6. The average molecular weight is 425 g/mol. The Morgan fingerprint density at radius 3 is 2.38 bits per heavy atom. The number of sulfonamides is 1. The number of anilines is 2. The van der Waals surface area contributed by atoms with Crippen LogP contribution in [0.1, 0.15) is 44.5 Å². The van der Waals surface area contributed by atoms with Gasteiger partial charge in [0.2, 0.25) is 15.9 Å². The third-order valence-electron chi connectivity index (χ3n) is 4.73. The second-order valence-corrected chi connectivity index (χ2v) is 10.1. The zero-order valence-corrected chi connectivity index (χ0v) is 18.6. The average Bonchev–Trinajstić information content (AvgIpc) is 2.53. The lowest BCUT2D eigenvalue weighted by Crippen LogP contribution is -2.47. The van der Waals surface area contributed by atoms with Gasteiger partial charge < -0.3 is 15.5 Å². The van der Waals surface area contributed by atoms with E-state index in [9.17, 15) is 18.0 Å². The maximum atomic E-state index is 12.9. The van der Waals surface area contributed by atoms with Crippen molar-refractivity contribution in [2.75, 3.05) is 35.9 Å². The number of rotatable bonds is 7. The third-order valence-corrected chi connectivity index (χ3v) is 5.32. The first-order valence-corrected chi connectivity index (χ1v) is 11.7. The van der Waals surface area contributed by atoms with Crippen molar-refractivity contribution in [3.05, 3.63) is 23.8 Å². The van der Waals surface area contributed by atoms with Crippen LogP contribution in [-0.2, 0) is 14.8 Å². The monoisotopic (exact) mass is 424 g/mol. The number of likely N-dealkylation sites (tertiary alicyclic amines) is 1. The van der Waals surface area contributed by atoms with Gasteiger partial charge in [0.05, 0.1) is 17.5 Å². The molecule has 162 valence electrons. The molecule has 8 nitrogen and oxygen atoms in total. The molecule has 29 heavy (non-hydrogen) atoms. The second-order valence-electron chi connectivity index (χ2n) is 8.35. The molecule has 1 aliphatic heterocycles. The summed E-state index contributed by atoms with van der Waals surface area (Å²) in [5, 5.41) is 5.57. The Bertz CT molecular complexity index is 846. The van der Waals surface area contributed by atoms with Gasteiger partial charge in [0.25, 0.3) is 5.91 Å². The van der Waals surface area contributed by atoms with E-state index < -0.39 is 15.9 Å². The molecule has 1 aromatic carbocycles. The molecule has 1 fully saturated rings. The first-order chi connectivity index (χ1) is 13.4. The molecule has 1 saturated heterocycles. The lowest BCUT2D eigenvalue weighted by Gasteiger charge is -2.36. The predicted molar refractivity (Wildman–Crippen MR) is 116 cm³/mol. The fourth-order valence-electron chi connectivity index (χ4n) is 3.98. The van der Waals surface area contributed by atoms with Crippen LogP contribution < -0.4 is 15.4 Å². The molecular weight excluding hydrogens is 392 g/mol. The van der Waals surface area contributed by atoms with Crippen molar-refractivity contribution in [1.82, 2.24) is 10.2 Å². The Balaban J connectivity index is 2.15. The molecule has 0 aliphatic carbocycles. The topological polar surface area (TPSA) is 108 Å². The van der Waals surface area contributed by atoms with Gasteiger partial charge in [-0.25, -0.2) is 8.42 Å². The lowest BCUT2D eigenvalue weighted by molar-refractivity contribution is -0.114. The van der Waals surface area contributed by atoms with Crippen molar-refractivity contribution >= 4 is 33.2 Å². The van der Waals surface area contributed by atoms with Crippen LogP contribution in [0.2, 0.25) is 0 Å². The quantitative estimate of drug-likeness (QED) is 0.621. The first-order valence-electron chi connectivity index (χ1n) is 9.85. The highest BCUT2D eigenvalue weighted by molar-refractivity contribution is 7.92. The van der Waals surface area contributed by atoms with E-state index in [2.05, 4.69) is 34.1 Å². The minimum absolute atomic E-state index is 0.115. The van der Waals surface area contributed by atoms with Crippen LogP contribution in [0, 0.1) is 11.8 Å². The molecule has 9 heteroatoms. The smallest absolute Gasteiger partial charge is 0.253 e. The lowest BCUT2D eigenvalue weighted by atomic mass is 9.92.